The summed E-state index contributed by atoms with van der Waals surface area (Å²) >= 11 is -1.79. The quantitative estimate of drug-likeness (QED) is 0.622. The fourth-order valence-corrected chi connectivity index (χ4v) is 6.45. The molecule has 0 aromatic carbocycles. The van der Waals surface area contributed by atoms with E-state index in [0.29, 0.717) is 12.3 Å². The van der Waals surface area contributed by atoms with Gasteiger partial charge in [0.1, 0.15) is 5.60 Å². The molecule has 21 heavy (non-hydrogen) atoms. The van der Waals surface area contributed by atoms with Gasteiger partial charge in [0, 0.05) is 23.2 Å². The zero-order valence-corrected chi connectivity index (χ0v) is 14.7. The normalized spacial score (nSPS) is 58.8. The molecule has 4 bridgehead atoms. The maximum atomic E-state index is 10.8. The predicted octanol–water partition coefficient (Wildman–Crippen LogP) is 1.82. The Morgan fingerprint density at radius 3 is 2.29 bits per heavy atom. The molecule has 0 amide bonds. The molecule has 2 N–H and O–H groups in total. The Balaban J connectivity index is 0.000000409. The molecule has 6 atom stereocenters. The van der Waals surface area contributed by atoms with Gasteiger partial charge in [-0.15, -0.1) is 0 Å². The van der Waals surface area contributed by atoms with Gasteiger partial charge >= 0.3 is 24.2 Å². The summed E-state index contributed by atoms with van der Waals surface area (Å²) < 4.78 is 23.2. The molecule has 3 unspecified atom stereocenters. The first kappa shape index (κ1) is 16.0. The minimum absolute atomic E-state index is 0.0516. The van der Waals surface area contributed by atoms with Crippen LogP contribution in [0.1, 0.15) is 53.4 Å². The zero-order chi connectivity index (χ0) is 15.9. The molecule has 0 aromatic heterocycles. The van der Waals surface area contributed by atoms with Crippen LogP contribution >= 0.6 is 0 Å². The van der Waals surface area contributed by atoms with E-state index in [1.807, 2.05) is 0 Å². The van der Waals surface area contributed by atoms with Crippen LogP contribution in [-0.2, 0) is 28.9 Å². The van der Waals surface area contributed by atoms with E-state index in [2.05, 4.69) is 20.8 Å². The molecule has 2 heterocycles. The van der Waals surface area contributed by atoms with Crippen LogP contribution in [0.4, 0.5) is 0 Å². The third-order valence-electron chi connectivity index (χ3n) is 7.52. The Morgan fingerprint density at radius 1 is 1.19 bits per heavy atom. The molecule has 6 heteroatoms. The second-order valence-corrected chi connectivity index (χ2v) is 8.46. The van der Waals surface area contributed by atoms with Crippen LogP contribution in [0.2, 0.25) is 0 Å². The van der Waals surface area contributed by atoms with Gasteiger partial charge in [-0.3, -0.25) is 0 Å². The van der Waals surface area contributed by atoms with E-state index in [1.165, 1.54) is 6.42 Å². The van der Waals surface area contributed by atoms with Crippen LogP contribution in [0.25, 0.3) is 0 Å². The summed E-state index contributed by atoms with van der Waals surface area (Å²) in [6, 6.07) is 0. The summed E-state index contributed by atoms with van der Waals surface area (Å²) in [5.41, 5.74) is -1.28. The first-order valence-electron chi connectivity index (χ1n) is 7.57. The Morgan fingerprint density at radius 2 is 1.76 bits per heavy atom. The van der Waals surface area contributed by atoms with Crippen molar-refractivity contribution in [2.75, 3.05) is 0 Å². The predicted molar refractivity (Wildman–Crippen MR) is 68.1 cm³/mol. The fraction of sp³-hybridized carbons (Fsp3) is 1.00. The van der Waals surface area contributed by atoms with Crippen LogP contribution < -0.4 is 0 Å². The van der Waals surface area contributed by atoms with Gasteiger partial charge in [-0.1, -0.05) is 20.8 Å². The summed E-state index contributed by atoms with van der Waals surface area (Å²) in [6.07, 6.45) is 3.86. The average Bonchev–Trinajstić information content (AvgIpc) is 2.82. The Bertz CT molecular complexity index is 526. The summed E-state index contributed by atoms with van der Waals surface area (Å²) in [5.74, 6) is -0.590. The van der Waals surface area contributed by atoms with Crippen molar-refractivity contribution >= 4 is 0 Å². The molecule has 2 saturated heterocycles. The molecule has 3 saturated carbocycles. The van der Waals surface area contributed by atoms with E-state index in [4.69, 9.17) is 11.9 Å². The van der Waals surface area contributed by atoms with Gasteiger partial charge in [0.05, 0.1) is 5.60 Å². The van der Waals surface area contributed by atoms with Crippen molar-refractivity contribution in [3.05, 3.63) is 0 Å². The van der Waals surface area contributed by atoms with Gasteiger partial charge in [-0.05, 0) is 32.1 Å². The van der Waals surface area contributed by atoms with Crippen LogP contribution in [0.3, 0.4) is 0 Å². The average molecular weight is 385 g/mol. The minimum atomic E-state index is -1.79. The summed E-state index contributed by atoms with van der Waals surface area (Å²) in [4.78, 5) is 0. The molecular formula is C15H24O5Ru. The van der Waals surface area contributed by atoms with Crippen molar-refractivity contribution in [3.63, 3.8) is 0 Å². The molecule has 2 spiro atoms. The monoisotopic (exact) mass is 386 g/mol. The Hall–Kier alpha value is 0.103. The molecule has 5 aliphatic rings. The van der Waals surface area contributed by atoms with Gasteiger partial charge in [0.2, 0.25) is 0 Å². The maximum absolute atomic E-state index is 10.8. The summed E-state index contributed by atoms with van der Waals surface area (Å²) in [6.45, 7) is 8.54. The first-order chi connectivity index (χ1) is 9.55. The van der Waals surface area contributed by atoms with Crippen LogP contribution in [0.5, 0.6) is 0 Å². The van der Waals surface area contributed by atoms with Crippen molar-refractivity contribution in [2.24, 2.45) is 22.7 Å². The number of aliphatic hydroxyl groups is 2. The standard InChI is InChI=1S/C15H24O3.2O.Ru/c1-9-5-6-14-11(2,3)10-7-13(9,14)8-15(17,18-14)12(10,4)16;;;/h9-10,16-17H,5-8H2,1-4H3;;;/t9-,10?,12?,13-,14-,15?;;;/m1.../s1. The molecule has 122 valence electrons. The number of hydrogen-bond donors (Lipinski definition) is 2. The van der Waals surface area contributed by atoms with Gasteiger partial charge < -0.3 is 14.9 Å². The molecule has 5 rings (SSSR count). The molecular weight excluding hydrogens is 361 g/mol. The molecule has 3 aliphatic carbocycles. The third kappa shape index (κ3) is 1.42. The molecule has 5 fully saturated rings. The van der Waals surface area contributed by atoms with Gasteiger partial charge in [-0.2, -0.15) is 0 Å². The topological polar surface area (TPSA) is 83.8 Å². The molecule has 0 aromatic rings. The molecule has 2 aliphatic heterocycles. The first-order valence-corrected chi connectivity index (χ1v) is 8.99. The zero-order valence-electron chi connectivity index (χ0n) is 13.0. The number of ether oxygens (including phenoxy) is 1. The van der Waals surface area contributed by atoms with Gasteiger partial charge in [0.15, 0.2) is 5.79 Å². The second-order valence-electron chi connectivity index (χ2n) is 8.17. The van der Waals surface area contributed by atoms with Crippen LogP contribution in [0, 0.1) is 22.7 Å². The summed E-state index contributed by atoms with van der Waals surface area (Å²) in [7, 11) is 0. The Labute approximate surface area is 132 Å². The van der Waals surface area contributed by atoms with E-state index in [1.54, 1.807) is 6.92 Å². The van der Waals surface area contributed by atoms with E-state index in [9.17, 15) is 10.2 Å². The number of hydrogen-bond acceptors (Lipinski definition) is 5. The van der Waals surface area contributed by atoms with Crippen LogP contribution in [0.15, 0.2) is 0 Å². The Kier molecular flexibility index (Phi) is 3.15. The third-order valence-corrected chi connectivity index (χ3v) is 7.52. The van der Waals surface area contributed by atoms with Gasteiger partial charge in [0.25, 0.3) is 0 Å². The van der Waals surface area contributed by atoms with E-state index in [0.717, 1.165) is 12.8 Å². The van der Waals surface area contributed by atoms with Crippen molar-refractivity contribution in [1.82, 2.24) is 0 Å². The van der Waals surface area contributed by atoms with Crippen LogP contribution in [-0.4, -0.2) is 27.2 Å². The van der Waals surface area contributed by atoms with Gasteiger partial charge in [-0.25, -0.2) is 0 Å². The second kappa shape index (κ2) is 4.14. The van der Waals surface area contributed by atoms with Crippen molar-refractivity contribution in [3.8, 4) is 0 Å². The number of rotatable bonds is 0. The molecule has 5 nitrogen and oxygen atoms in total. The SMILES string of the molecule is C[C@@H]1CC[C@]23OC4(O)C[C@]12CC(C4(C)O)C3(C)C.[O]=[Ru]=[O]. The van der Waals surface area contributed by atoms with E-state index < -0.39 is 28.4 Å². The van der Waals surface area contributed by atoms with Crippen molar-refractivity contribution in [2.45, 2.75) is 70.4 Å². The van der Waals surface area contributed by atoms with E-state index in [-0.39, 0.29) is 22.3 Å². The van der Waals surface area contributed by atoms with E-state index >= 15 is 0 Å². The van der Waals surface area contributed by atoms with Crippen molar-refractivity contribution < 1.29 is 39.1 Å². The fourth-order valence-electron chi connectivity index (χ4n) is 6.45. The van der Waals surface area contributed by atoms with Crippen molar-refractivity contribution in [1.29, 1.82) is 0 Å². The molecule has 0 radical (unpaired) electrons. The summed E-state index contributed by atoms with van der Waals surface area (Å²) in [5, 5.41) is 21.6.